The molecule has 1 aromatic heterocycles. The number of fused-ring (bicyclic) bond motifs is 1. The highest BCUT2D eigenvalue weighted by Gasteiger charge is 2.34. The second kappa shape index (κ2) is 12.9. The van der Waals surface area contributed by atoms with Crippen molar-refractivity contribution in [3.8, 4) is 0 Å². The van der Waals surface area contributed by atoms with Crippen LogP contribution in [0.25, 0.3) is 0 Å². The number of amides is 2. The van der Waals surface area contributed by atoms with Crippen LogP contribution in [0, 0.1) is 5.92 Å². The lowest BCUT2D eigenvalue weighted by atomic mass is 9.85. The van der Waals surface area contributed by atoms with Crippen LogP contribution in [0.1, 0.15) is 108 Å². The Morgan fingerprint density at radius 3 is 2.39 bits per heavy atom. The molecule has 5 heteroatoms. The van der Waals surface area contributed by atoms with Crippen LogP contribution in [-0.2, 0) is 21.4 Å². The first kappa shape index (κ1) is 28.4. The summed E-state index contributed by atoms with van der Waals surface area (Å²) < 4.78 is 0. The Labute approximate surface area is 223 Å². The number of hydrogen-bond acceptors (Lipinski definition) is 3. The average molecular weight is 511 g/mol. The van der Waals surface area contributed by atoms with Crippen molar-refractivity contribution in [2.45, 2.75) is 97.9 Å². The first-order valence-electron chi connectivity index (χ1n) is 13.9. The van der Waals surface area contributed by atoms with E-state index in [9.17, 15) is 9.59 Å². The monoisotopic (exact) mass is 510 g/mol. The minimum absolute atomic E-state index is 0.0525. The highest BCUT2D eigenvalue weighted by molar-refractivity contribution is 7.10. The van der Waals surface area contributed by atoms with E-state index in [-0.39, 0.29) is 29.8 Å². The first-order valence-corrected chi connectivity index (χ1v) is 14.7. The van der Waals surface area contributed by atoms with Crippen LogP contribution in [0.3, 0.4) is 0 Å². The molecule has 0 fully saturated rings. The molecular formula is C31H46N2O2S. The third kappa shape index (κ3) is 7.44. The van der Waals surface area contributed by atoms with E-state index in [0.717, 1.165) is 24.8 Å². The molecule has 0 aliphatic carbocycles. The van der Waals surface area contributed by atoms with Gasteiger partial charge in [-0.1, -0.05) is 91.5 Å². The van der Waals surface area contributed by atoms with Gasteiger partial charge >= 0.3 is 0 Å². The number of nitrogens with zero attached hydrogens (tertiary/aromatic N) is 2. The van der Waals surface area contributed by atoms with Gasteiger partial charge in [0, 0.05) is 24.4 Å². The molecule has 2 amide bonds. The van der Waals surface area contributed by atoms with E-state index in [4.69, 9.17) is 0 Å². The molecule has 0 radical (unpaired) electrons. The number of unbranched alkanes of at least 4 members (excludes halogenated alkanes) is 4. The summed E-state index contributed by atoms with van der Waals surface area (Å²) in [6, 6.07) is 10.9. The van der Waals surface area contributed by atoms with Crippen LogP contribution in [-0.4, -0.2) is 41.2 Å². The van der Waals surface area contributed by atoms with Crippen LogP contribution in [0.15, 0.2) is 35.7 Å². The summed E-state index contributed by atoms with van der Waals surface area (Å²) in [4.78, 5) is 32.1. The standard InChI is InChI=1S/C31H46N2O2S/c1-7-8-9-10-11-12-28(34)32(21-23(2)3)22-29(35)33-19-17-27-26(18-20-36-27)30(33)24-13-15-25(16-14-24)31(4,5)6/h13-16,18,20,23,30H,7-12,17,19,21-22H2,1-6H3. The second-order valence-electron chi connectivity index (χ2n) is 11.7. The van der Waals surface area contributed by atoms with E-state index in [2.05, 4.69) is 77.3 Å². The van der Waals surface area contributed by atoms with Gasteiger partial charge in [0.2, 0.25) is 11.8 Å². The average Bonchev–Trinajstić information content (AvgIpc) is 3.31. The lowest BCUT2D eigenvalue weighted by molar-refractivity contribution is -0.142. The summed E-state index contributed by atoms with van der Waals surface area (Å²) in [5.41, 5.74) is 3.76. The molecule has 1 atom stereocenters. The number of thiophene rings is 1. The second-order valence-corrected chi connectivity index (χ2v) is 12.7. The van der Waals surface area contributed by atoms with E-state index < -0.39 is 0 Å². The van der Waals surface area contributed by atoms with E-state index >= 15 is 0 Å². The molecule has 1 unspecified atom stereocenters. The lowest BCUT2D eigenvalue weighted by Gasteiger charge is -2.38. The number of rotatable bonds is 11. The molecule has 0 saturated heterocycles. The molecule has 0 saturated carbocycles. The number of carbonyl (C=O) groups is 2. The van der Waals surface area contributed by atoms with Crippen molar-refractivity contribution in [1.82, 2.24) is 9.80 Å². The molecular weight excluding hydrogens is 464 g/mol. The third-order valence-corrected chi connectivity index (χ3v) is 8.13. The Morgan fingerprint density at radius 2 is 1.75 bits per heavy atom. The lowest BCUT2D eigenvalue weighted by Crippen LogP contribution is -2.47. The van der Waals surface area contributed by atoms with Gasteiger partial charge in [0.1, 0.15) is 0 Å². The van der Waals surface area contributed by atoms with E-state index in [0.29, 0.717) is 25.4 Å². The Kier molecular flexibility index (Phi) is 10.2. The maximum Gasteiger partial charge on any atom is 0.242 e. The van der Waals surface area contributed by atoms with E-state index in [1.807, 2.05) is 9.80 Å². The molecule has 198 valence electrons. The predicted molar refractivity (Wildman–Crippen MR) is 152 cm³/mol. The van der Waals surface area contributed by atoms with Crippen LogP contribution >= 0.6 is 11.3 Å². The van der Waals surface area contributed by atoms with Crippen LogP contribution in [0.4, 0.5) is 0 Å². The number of benzene rings is 1. The van der Waals surface area contributed by atoms with E-state index in [1.165, 1.54) is 35.3 Å². The summed E-state index contributed by atoms with van der Waals surface area (Å²) in [7, 11) is 0. The Balaban J connectivity index is 1.78. The first-order chi connectivity index (χ1) is 17.1. The van der Waals surface area contributed by atoms with Gasteiger partial charge in [0.25, 0.3) is 0 Å². The fourth-order valence-corrected chi connectivity index (χ4v) is 6.00. The maximum absolute atomic E-state index is 13.8. The zero-order valence-electron chi connectivity index (χ0n) is 23.3. The smallest absolute Gasteiger partial charge is 0.242 e. The van der Waals surface area contributed by atoms with Gasteiger partial charge in [-0.2, -0.15) is 0 Å². The Morgan fingerprint density at radius 1 is 1.06 bits per heavy atom. The van der Waals surface area contributed by atoms with Gasteiger partial charge in [-0.05, 0) is 52.3 Å². The van der Waals surface area contributed by atoms with Gasteiger partial charge in [-0.15, -0.1) is 11.3 Å². The number of hydrogen-bond donors (Lipinski definition) is 0. The highest BCUT2D eigenvalue weighted by atomic mass is 32.1. The van der Waals surface area contributed by atoms with Crippen molar-refractivity contribution < 1.29 is 9.59 Å². The third-order valence-electron chi connectivity index (χ3n) is 7.14. The molecule has 3 rings (SSSR count). The molecule has 0 spiro atoms. The molecule has 1 aliphatic heterocycles. The zero-order valence-corrected chi connectivity index (χ0v) is 24.1. The zero-order chi connectivity index (χ0) is 26.3. The largest absolute Gasteiger partial charge is 0.333 e. The fraction of sp³-hybridized carbons (Fsp3) is 0.613. The topological polar surface area (TPSA) is 40.6 Å². The van der Waals surface area contributed by atoms with Gasteiger partial charge in [-0.25, -0.2) is 0 Å². The van der Waals surface area contributed by atoms with Gasteiger partial charge in [0.15, 0.2) is 0 Å². The summed E-state index contributed by atoms with van der Waals surface area (Å²) in [5, 5.41) is 2.14. The summed E-state index contributed by atoms with van der Waals surface area (Å²) in [6.07, 6.45) is 7.01. The fourth-order valence-electron chi connectivity index (χ4n) is 5.10. The molecule has 4 nitrogen and oxygen atoms in total. The van der Waals surface area contributed by atoms with Gasteiger partial charge in [0.05, 0.1) is 12.6 Å². The normalized spacial score (nSPS) is 15.8. The van der Waals surface area contributed by atoms with Crippen molar-refractivity contribution in [2.75, 3.05) is 19.6 Å². The summed E-state index contributed by atoms with van der Waals surface area (Å²) >= 11 is 1.78. The van der Waals surface area contributed by atoms with Crippen molar-refractivity contribution in [2.24, 2.45) is 5.92 Å². The maximum atomic E-state index is 13.8. The summed E-state index contributed by atoms with van der Waals surface area (Å²) in [5.74, 6) is 0.497. The van der Waals surface area contributed by atoms with Crippen molar-refractivity contribution in [3.05, 3.63) is 57.3 Å². The van der Waals surface area contributed by atoms with Crippen LogP contribution in [0.5, 0.6) is 0 Å². The van der Waals surface area contributed by atoms with Crippen molar-refractivity contribution in [3.63, 3.8) is 0 Å². The van der Waals surface area contributed by atoms with Crippen molar-refractivity contribution in [1.29, 1.82) is 0 Å². The Hall–Kier alpha value is -2.14. The van der Waals surface area contributed by atoms with Crippen LogP contribution in [0.2, 0.25) is 0 Å². The molecule has 36 heavy (non-hydrogen) atoms. The minimum Gasteiger partial charge on any atom is -0.333 e. The molecule has 2 aromatic rings. The molecule has 0 bridgehead atoms. The molecule has 1 aromatic carbocycles. The highest BCUT2D eigenvalue weighted by Crippen LogP contribution is 2.38. The van der Waals surface area contributed by atoms with E-state index in [1.54, 1.807) is 11.3 Å². The minimum atomic E-state index is -0.0911. The van der Waals surface area contributed by atoms with Gasteiger partial charge in [-0.3, -0.25) is 9.59 Å². The quantitative estimate of drug-likeness (QED) is 0.296. The molecule has 2 heterocycles. The molecule has 0 N–H and O–H groups in total. The van der Waals surface area contributed by atoms with Gasteiger partial charge < -0.3 is 9.80 Å². The predicted octanol–water partition coefficient (Wildman–Crippen LogP) is 7.36. The van der Waals surface area contributed by atoms with Crippen molar-refractivity contribution >= 4 is 23.2 Å². The van der Waals surface area contributed by atoms with Crippen LogP contribution < -0.4 is 0 Å². The molecule has 1 aliphatic rings. The SMILES string of the molecule is CCCCCCCC(=O)N(CC(=O)N1CCc2sccc2C1c1ccc(C(C)(C)C)cc1)CC(C)C. The Bertz CT molecular complexity index is 987. The summed E-state index contributed by atoms with van der Waals surface area (Å²) in [6.45, 7) is 14.6. The number of carbonyl (C=O) groups excluding carboxylic acids is 2.